The normalized spacial score (nSPS) is 13.9. The molecule has 2 N–H and O–H groups in total. The molecule has 0 saturated heterocycles. The molecule has 0 bridgehead atoms. The minimum Gasteiger partial charge on any atom is -0.329 e. The molecule has 0 aromatic heterocycles. The molecule has 2 nitrogen and oxygen atoms in total. The minimum atomic E-state index is 0.645. The zero-order valence-corrected chi connectivity index (χ0v) is 12.7. The first-order valence-electron chi connectivity index (χ1n) is 3.46. The third-order valence-electron chi connectivity index (χ3n) is 1.31. The van der Waals surface area contributed by atoms with Crippen LogP contribution in [0.4, 0.5) is 0 Å². The molecule has 5 heteroatoms. The first-order chi connectivity index (χ1) is 5.26. The Bertz CT molecular complexity index is 85.9. The second-order valence-corrected chi connectivity index (χ2v) is 5.50. The number of alkyl halides is 3. The highest BCUT2D eigenvalue weighted by Gasteiger charge is 2.11. The van der Waals surface area contributed by atoms with Crippen LogP contribution in [0, 0.1) is 0 Å². The molecule has 0 heterocycles. The van der Waals surface area contributed by atoms with Gasteiger partial charge in [-0.2, -0.15) is 0 Å². The molecule has 68 valence electrons. The van der Waals surface area contributed by atoms with Gasteiger partial charge in [-0.15, -0.1) is 0 Å². The maximum Gasteiger partial charge on any atom is 0.0709 e. The summed E-state index contributed by atoms with van der Waals surface area (Å²) >= 11 is 7.29. The van der Waals surface area contributed by atoms with Crippen molar-refractivity contribution in [1.29, 1.82) is 0 Å². The molecular formula is C6H13I3N2. The van der Waals surface area contributed by atoms with E-state index in [9.17, 15) is 0 Å². The summed E-state index contributed by atoms with van der Waals surface area (Å²) in [5.41, 5.74) is 5.50. The van der Waals surface area contributed by atoms with Crippen molar-refractivity contribution >= 4 is 67.8 Å². The zero-order chi connectivity index (χ0) is 8.69. The van der Waals surface area contributed by atoms with Crippen LogP contribution in [0.15, 0.2) is 0 Å². The molecule has 0 rings (SSSR count). The summed E-state index contributed by atoms with van der Waals surface area (Å²) in [5, 5.41) is 0. The summed E-state index contributed by atoms with van der Waals surface area (Å²) in [6.45, 7) is 2.96. The van der Waals surface area contributed by atoms with Crippen molar-refractivity contribution in [3.8, 4) is 0 Å². The third kappa shape index (κ3) is 6.22. The fourth-order valence-electron chi connectivity index (χ4n) is 0.764. The number of hydrogen-bond donors (Lipinski definition) is 1. The molecule has 1 atom stereocenters. The van der Waals surface area contributed by atoms with Gasteiger partial charge in [0.05, 0.1) is 4.05 Å². The van der Waals surface area contributed by atoms with Gasteiger partial charge in [0.15, 0.2) is 0 Å². The number of hydrogen-bond acceptors (Lipinski definition) is 2. The summed E-state index contributed by atoms with van der Waals surface area (Å²) in [6, 6.07) is 0. The van der Waals surface area contributed by atoms with Gasteiger partial charge in [-0.25, -0.2) is 0 Å². The van der Waals surface area contributed by atoms with Crippen LogP contribution in [0.25, 0.3) is 0 Å². The lowest BCUT2D eigenvalue weighted by atomic mass is 10.5. The maximum atomic E-state index is 5.50. The fraction of sp³-hybridized carbons (Fsp3) is 1.00. The van der Waals surface area contributed by atoms with Gasteiger partial charge in [0.1, 0.15) is 0 Å². The molecule has 11 heavy (non-hydrogen) atoms. The largest absolute Gasteiger partial charge is 0.329 e. The molecule has 0 aliphatic rings. The molecule has 0 aliphatic carbocycles. The van der Waals surface area contributed by atoms with Crippen molar-refractivity contribution < 1.29 is 0 Å². The molecule has 0 aromatic carbocycles. The molecule has 0 radical (unpaired) electrons. The molecule has 0 unspecified atom stereocenters. The lowest BCUT2D eigenvalue weighted by Crippen LogP contribution is -2.37. The number of nitrogens with zero attached hydrogens (tertiary/aromatic N) is 1. The second kappa shape index (κ2) is 8.70. The van der Waals surface area contributed by atoms with Crippen molar-refractivity contribution in [2.24, 2.45) is 5.73 Å². The van der Waals surface area contributed by atoms with Gasteiger partial charge in [-0.05, 0) is 0 Å². The second-order valence-electron chi connectivity index (χ2n) is 2.10. The predicted octanol–water partition coefficient (Wildman–Crippen LogP) is 1.88. The van der Waals surface area contributed by atoms with Gasteiger partial charge in [-0.3, -0.25) is 4.90 Å². The van der Waals surface area contributed by atoms with Crippen LogP contribution in [0.5, 0.6) is 0 Å². The molecule has 0 amide bonds. The lowest BCUT2D eigenvalue weighted by molar-refractivity contribution is 0.309. The summed E-state index contributed by atoms with van der Waals surface area (Å²) < 4.78 is 3.01. The summed E-state index contributed by atoms with van der Waals surface area (Å²) in [6.07, 6.45) is 0. The van der Waals surface area contributed by atoms with E-state index in [1.807, 2.05) is 0 Å². The van der Waals surface area contributed by atoms with E-state index in [2.05, 4.69) is 72.7 Å². The van der Waals surface area contributed by atoms with Crippen molar-refractivity contribution in [1.82, 2.24) is 4.90 Å². The molecule has 0 fully saturated rings. The quantitative estimate of drug-likeness (QED) is 0.348. The van der Waals surface area contributed by atoms with E-state index in [1.54, 1.807) is 0 Å². The number of halogens is 3. The zero-order valence-electron chi connectivity index (χ0n) is 6.27. The van der Waals surface area contributed by atoms with Gasteiger partial charge in [0.2, 0.25) is 0 Å². The van der Waals surface area contributed by atoms with E-state index >= 15 is 0 Å². The first kappa shape index (κ1) is 13.1. The number of nitrogens with two attached hydrogens (primary N) is 1. The molecule has 0 aromatic rings. The Kier molecular flexibility index (Phi) is 10.4. The van der Waals surface area contributed by atoms with Gasteiger partial charge < -0.3 is 5.73 Å². The van der Waals surface area contributed by atoms with Gasteiger partial charge >= 0.3 is 0 Å². The van der Waals surface area contributed by atoms with Crippen molar-refractivity contribution in [2.75, 3.05) is 28.5 Å². The summed E-state index contributed by atoms with van der Waals surface area (Å²) in [5.74, 6) is 0. The van der Waals surface area contributed by atoms with Gasteiger partial charge in [-0.1, -0.05) is 67.8 Å². The Balaban J connectivity index is 3.66. The average molecular weight is 494 g/mol. The highest BCUT2D eigenvalue weighted by atomic mass is 127. The smallest absolute Gasteiger partial charge is 0.0709 e. The van der Waals surface area contributed by atoms with Crippen LogP contribution in [-0.4, -0.2) is 37.4 Å². The summed E-state index contributed by atoms with van der Waals surface area (Å²) in [7, 11) is 0. The minimum absolute atomic E-state index is 0.645. The number of rotatable bonds is 6. The molecule has 0 spiro atoms. The van der Waals surface area contributed by atoms with Gasteiger partial charge in [0, 0.05) is 28.5 Å². The van der Waals surface area contributed by atoms with Crippen molar-refractivity contribution in [2.45, 2.75) is 4.05 Å². The molecular weight excluding hydrogens is 481 g/mol. The Hall–Kier alpha value is 2.11. The standard InChI is InChI=1S/C6H13I3N2/c7-1-3-11(4-2-10)6(9)5-8/h6H,1-5,10H2/t6-/m1/s1. The van der Waals surface area contributed by atoms with Crippen LogP contribution in [-0.2, 0) is 0 Å². The van der Waals surface area contributed by atoms with E-state index in [4.69, 9.17) is 5.73 Å². The maximum absolute atomic E-state index is 5.50. The Morgan fingerprint density at radius 2 is 1.91 bits per heavy atom. The van der Waals surface area contributed by atoms with E-state index in [-0.39, 0.29) is 0 Å². The summed E-state index contributed by atoms with van der Waals surface area (Å²) in [4.78, 5) is 2.43. The van der Waals surface area contributed by atoms with E-state index in [1.165, 1.54) is 8.86 Å². The predicted molar refractivity (Wildman–Crippen MR) is 76.2 cm³/mol. The van der Waals surface area contributed by atoms with Crippen LogP contribution in [0.1, 0.15) is 0 Å². The van der Waals surface area contributed by atoms with Crippen LogP contribution in [0.2, 0.25) is 0 Å². The van der Waals surface area contributed by atoms with E-state index < -0.39 is 0 Å². The van der Waals surface area contributed by atoms with Crippen molar-refractivity contribution in [3.05, 3.63) is 0 Å². The van der Waals surface area contributed by atoms with Gasteiger partial charge in [0.25, 0.3) is 0 Å². The third-order valence-corrected chi connectivity index (χ3v) is 5.54. The van der Waals surface area contributed by atoms with Crippen molar-refractivity contribution in [3.63, 3.8) is 0 Å². The fourth-order valence-corrected chi connectivity index (χ4v) is 2.50. The van der Waals surface area contributed by atoms with E-state index in [0.717, 1.165) is 19.6 Å². The van der Waals surface area contributed by atoms with Crippen LogP contribution in [0.3, 0.4) is 0 Å². The highest BCUT2D eigenvalue weighted by Crippen LogP contribution is 2.10. The Morgan fingerprint density at radius 3 is 2.27 bits per heavy atom. The SMILES string of the molecule is NCCN(CCI)[C@@H](I)CI. The first-order valence-corrected chi connectivity index (χ1v) is 7.76. The molecule has 0 aliphatic heterocycles. The highest BCUT2D eigenvalue weighted by molar-refractivity contribution is 14.1. The van der Waals surface area contributed by atoms with Crippen LogP contribution >= 0.6 is 67.8 Å². The average Bonchev–Trinajstić information content (AvgIpc) is 2.03. The molecule has 0 saturated carbocycles. The Labute approximate surface area is 109 Å². The van der Waals surface area contributed by atoms with E-state index in [0.29, 0.717) is 4.05 Å². The lowest BCUT2D eigenvalue weighted by Gasteiger charge is -2.24. The van der Waals surface area contributed by atoms with Crippen LogP contribution < -0.4 is 5.73 Å². The Morgan fingerprint density at radius 1 is 1.27 bits per heavy atom. The topological polar surface area (TPSA) is 29.3 Å². The monoisotopic (exact) mass is 494 g/mol.